The molecule has 2 rings (SSSR count). The molecule has 3 nitrogen and oxygen atoms in total. The minimum atomic E-state index is -1.07. The molecule has 1 aromatic carbocycles. The molecule has 0 fully saturated rings. The lowest BCUT2D eigenvalue weighted by molar-refractivity contribution is -0.0725. The van der Waals surface area contributed by atoms with Gasteiger partial charge in [-0.05, 0) is 37.6 Å². The Morgan fingerprint density at radius 2 is 1.91 bits per heavy atom. The van der Waals surface area contributed by atoms with Crippen LogP contribution in [-0.2, 0) is 12.0 Å². The van der Waals surface area contributed by atoms with Crippen molar-refractivity contribution in [2.75, 3.05) is 26.7 Å². The third-order valence-corrected chi connectivity index (χ3v) is 5.25. The lowest BCUT2D eigenvalue weighted by Crippen LogP contribution is -2.42. The minimum absolute atomic E-state index is 0.199. The van der Waals surface area contributed by atoms with Crippen LogP contribution in [0.1, 0.15) is 45.2 Å². The van der Waals surface area contributed by atoms with Gasteiger partial charge in [0, 0.05) is 17.5 Å². The van der Waals surface area contributed by atoms with Crippen LogP contribution in [0.4, 0.5) is 4.39 Å². The SMILES string of the molecule is CCN(CC)CCC1(O)c2c(ccc(F)c2OC)CC1(C)C. The third-order valence-electron chi connectivity index (χ3n) is 5.25. The standard InChI is InChI=1S/C18H28FNO2/c1-6-20(7-2)11-10-18(21)15-13(12-17(18,3)4)8-9-14(19)16(15)22-5/h8-9,21H,6-7,10-12H2,1-5H3. The van der Waals surface area contributed by atoms with Gasteiger partial charge in [-0.1, -0.05) is 33.8 Å². The molecule has 0 saturated carbocycles. The second-order valence-electron chi connectivity index (χ2n) is 6.81. The molecule has 124 valence electrons. The van der Waals surface area contributed by atoms with Gasteiger partial charge in [-0.15, -0.1) is 0 Å². The molecular formula is C18H28FNO2. The molecule has 1 atom stereocenters. The maximum absolute atomic E-state index is 14.1. The zero-order valence-corrected chi connectivity index (χ0v) is 14.4. The monoisotopic (exact) mass is 309 g/mol. The molecule has 0 spiro atoms. The maximum Gasteiger partial charge on any atom is 0.165 e. The number of fused-ring (bicyclic) bond motifs is 1. The second-order valence-corrected chi connectivity index (χ2v) is 6.81. The van der Waals surface area contributed by atoms with Crippen LogP contribution in [0, 0.1) is 11.2 Å². The summed E-state index contributed by atoms with van der Waals surface area (Å²) < 4.78 is 19.4. The van der Waals surface area contributed by atoms with Gasteiger partial charge in [-0.2, -0.15) is 0 Å². The Balaban J connectivity index is 2.44. The fraction of sp³-hybridized carbons (Fsp3) is 0.667. The van der Waals surface area contributed by atoms with Crippen LogP contribution in [0.2, 0.25) is 0 Å². The van der Waals surface area contributed by atoms with E-state index in [2.05, 4.69) is 18.7 Å². The third kappa shape index (κ3) is 2.63. The molecule has 1 N–H and O–H groups in total. The normalized spacial score (nSPS) is 22.9. The zero-order valence-electron chi connectivity index (χ0n) is 14.4. The van der Waals surface area contributed by atoms with E-state index in [0.29, 0.717) is 12.0 Å². The summed E-state index contributed by atoms with van der Waals surface area (Å²) in [4.78, 5) is 2.28. The topological polar surface area (TPSA) is 32.7 Å². The summed E-state index contributed by atoms with van der Waals surface area (Å²) >= 11 is 0. The first-order chi connectivity index (χ1) is 10.3. The van der Waals surface area contributed by atoms with Crippen molar-refractivity contribution >= 4 is 0 Å². The van der Waals surface area contributed by atoms with E-state index in [1.54, 1.807) is 6.07 Å². The van der Waals surface area contributed by atoms with E-state index in [-0.39, 0.29) is 11.2 Å². The molecule has 0 heterocycles. The van der Waals surface area contributed by atoms with Gasteiger partial charge in [0.1, 0.15) is 5.60 Å². The molecule has 0 amide bonds. The summed E-state index contributed by atoms with van der Waals surface area (Å²) in [5, 5.41) is 11.5. The molecular weight excluding hydrogens is 281 g/mol. The number of aliphatic hydroxyl groups is 1. The predicted molar refractivity (Wildman–Crippen MR) is 86.7 cm³/mol. The van der Waals surface area contributed by atoms with Crippen LogP contribution in [0.3, 0.4) is 0 Å². The summed E-state index contributed by atoms with van der Waals surface area (Å²) in [6.07, 6.45) is 1.31. The van der Waals surface area contributed by atoms with Crippen molar-refractivity contribution in [1.29, 1.82) is 0 Å². The van der Waals surface area contributed by atoms with E-state index in [4.69, 9.17) is 4.74 Å². The van der Waals surface area contributed by atoms with E-state index in [0.717, 1.165) is 31.6 Å². The number of methoxy groups -OCH3 is 1. The quantitative estimate of drug-likeness (QED) is 0.875. The van der Waals surface area contributed by atoms with Gasteiger partial charge in [0.15, 0.2) is 11.6 Å². The summed E-state index contributed by atoms with van der Waals surface area (Å²) in [7, 11) is 1.47. The number of halogens is 1. The first-order valence-electron chi connectivity index (χ1n) is 8.11. The number of rotatable bonds is 6. The molecule has 0 aromatic heterocycles. The molecule has 1 unspecified atom stereocenters. The summed E-state index contributed by atoms with van der Waals surface area (Å²) in [6.45, 7) is 11.0. The van der Waals surface area contributed by atoms with Crippen LogP contribution in [0.25, 0.3) is 0 Å². The van der Waals surface area contributed by atoms with Crippen LogP contribution >= 0.6 is 0 Å². The Morgan fingerprint density at radius 1 is 1.27 bits per heavy atom. The first kappa shape index (κ1) is 17.2. The van der Waals surface area contributed by atoms with Crippen LogP contribution in [-0.4, -0.2) is 36.8 Å². The van der Waals surface area contributed by atoms with E-state index < -0.39 is 11.4 Å². The van der Waals surface area contributed by atoms with Crippen molar-refractivity contribution in [3.05, 3.63) is 29.1 Å². The lowest BCUT2D eigenvalue weighted by atomic mass is 9.73. The van der Waals surface area contributed by atoms with E-state index in [1.807, 2.05) is 13.8 Å². The smallest absolute Gasteiger partial charge is 0.165 e. The second kappa shape index (κ2) is 6.17. The van der Waals surface area contributed by atoms with E-state index >= 15 is 0 Å². The van der Waals surface area contributed by atoms with Crippen molar-refractivity contribution in [1.82, 2.24) is 4.90 Å². The highest BCUT2D eigenvalue weighted by Crippen LogP contribution is 2.55. The number of hydrogen-bond acceptors (Lipinski definition) is 3. The number of benzene rings is 1. The van der Waals surface area contributed by atoms with E-state index in [1.165, 1.54) is 13.2 Å². The fourth-order valence-electron chi connectivity index (χ4n) is 3.68. The van der Waals surface area contributed by atoms with Crippen molar-refractivity contribution in [2.45, 2.75) is 46.1 Å². The van der Waals surface area contributed by atoms with Gasteiger partial charge in [0.05, 0.1) is 7.11 Å². The first-order valence-corrected chi connectivity index (χ1v) is 8.11. The molecule has 1 aliphatic rings. The lowest BCUT2D eigenvalue weighted by Gasteiger charge is -2.39. The fourth-order valence-corrected chi connectivity index (χ4v) is 3.68. The molecule has 1 aromatic rings. The average Bonchev–Trinajstić information content (AvgIpc) is 2.68. The van der Waals surface area contributed by atoms with Crippen molar-refractivity contribution in [3.63, 3.8) is 0 Å². The maximum atomic E-state index is 14.1. The number of hydrogen-bond donors (Lipinski definition) is 1. The largest absolute Gasteiger partial charge is 0.493 e. The van der Waals surface area contributed by atoms with Gasteiger partial charge in [-0.3, -0.25) is 0 Å². The Morgan fingerprint density at radius 3 is 2.45 bits per heavy atom. The van der Waals surface area contributed by atoms with Crippen LogP contribution < -0.4 is 4.74 Å². The van der Waals surface area contributed by atoms with E-state index in [9.17, 15) is 9.50 Å². The highest BCUT2D eigenvalue weighted by molar-refractivity contribution is 5.50. The highest BCUT2D eigenvalue weighted by atomic mass is 19.1. The van der Waals surface area contributed by atoms with Gasteiger partial charge in [0.2, 0.25) is 0 Å². The molecule has 4 heteroatoms. The Hall–Kier alpha value is -1.13. The molecule has 0 aliphatic heterocycles. The van der Waals surface area contributed by atoms with Gasteiger partial charge in [0.25, 0.3) is 0 Å². The van der Waals surface area contributed by atoms with Crippen molar-refractivity contribution < 1.29 is 14.2 Å². The van der Waals surface area contributed by atoms with Crippen molar-refractivity contribution in [3.8, 4) is 5.75 Å². The average molecular weight is 309 g/mol. The molecule has 0 bridgehead atoms. The number of nitrogens with zero attached hydrogens (tertiary/aromatic N) is 1. The summed E-state index contributed by atoms with van der Waals surface area (Å²) in [5.41, 5.74) is 0.222. The summed E-state index contributed by atoms with van der Waals surface area (Å²) in [5.74, 6) is -0.203. The molecule has 0 saturated heterocycles. The van der Waals surface area contributed by atoms with Crippen molar-refractivity contribution in [2.24, 2.45) is 5.41 Å². The number of ether oxygens (including phenoxy) is 1. The highest BCUT2D eigenvalue weighted by Gasteiger charge is 2.53. The Kier molecular flexibility index (Phi) is 4.83. The molecule has 22 heavy (non-hydrogen) atoms. The Bertz CT molecular complexity index is 540. The van der Waals surface area contributed by atoms with Crippen LogP contribution in [0.15, 0.2) is 12.1 Å². The Labute approximate surface area is 133 Å². The van der Waals surface area contributed by atoms with Gasteiger partial charge >= 0.3 is 0 Å². The van der Waals surface area contributed by atoms with Gasteiger partial charge < -0.3 is 14.7 Å². The van der Waals surface area contributed by atoms with Gasteiger partial charge in [-0.25, -0.2) is 4.39 Å². The van der Waals surface area contributed by atoms with Crippen LogP contribution in [0.5, 0.6) is 5.75 Å². The summed E-state index contributed by atoms with van der Waals surface area (Å²) in [6, 6.07) is 3.22. The minimum Gasteiger partial charge on any atom is -0.493 e. The zero-order chi connectivity index (χ0) is 16.5. The predicted octanol–water partition coefficient (Wildman–Crippen LogP) is 3.34. The molecule has 1 aliphatic carbocycles. The molecule has 0 radical (unpaired) electrons.